The van der Waals surface area contributed by atoms with Crippen molar-refractivity contribution in [2.24, 2.45) is 0 Å². The Morgan fingerprint density at radius 3 is 2.45 bits per heavy atom. The molecule has 0 heterocycles. The Labute approximate surface area is 114 Å². The van der Waals surface area contributed by atoms with Crippen LogP contribution >= 0.6 is 0 Å². The Bertz CT molecular complexity index is 636. The summed E-state index contributed by atoms with van der Waals surface area (Å²) in [5.74, 6) is -2.32. The predicted molar refractivity (Wildman–Crippen MR) is 71.8 cm³/mol. The number of carboxylic acid groups (broad SMARTS) is 1. The van der Waals surface area contributed by atoms with Crippen LogP contribution in [0, 0.1) is 18.6 Å². The first-order chi connectivity index (χ1) is 9.49. The Morgan fingerprint density at radius 2 is 1.85 bits per heavy atom. The molecule has 0 radical (unpaired) electrons. The molecule has 3 nitrogen and oxygen atoms in total. The van der Waals surface area contributed by atoms with Gasteiger partial charge in [0.1, 0.15) is 11.6 Å². The number of aromatic carboxylic acids is 1. The van der Waals surface area contributed by atoms with E-state index < -0.39 is 17.6 Å². The van der Waals surface area contributed by atoms with Crippen molar-refractivity contribution in [2.45, 2.75) is 13.5 Å². The fraction of sp³-hybridized carbons (Fsp3) is 0.133. The SMILES string of the molecule is Cc1ccc(C(=O)O)cc1NCc1c(F)cccc1F. The molecule has 0 aromatic heterocycles. The van der Waals surface area contributed by atoms with Crippen molar-refractivity contribution in [2.75, 3.05) is 5.32 Å². The van der Waals surface area contributed by atoms with Gasteiger partial charge >= 0.3 is 5.97 Å². The monoisotopic (exact) mass is 277 g/mol. The first kappa shape index (κ1) is 14.0. The van der Waals surface area contributed by atoms with E-state index in [9.17, 15) is 13.6 Å². The van der Waals surface area contributed by atoms with Crippen molar-refractivity contribution in [1.29, 1.82) is 0 Å². The molecule has 104 valence electrons. The summed E-state index contributed by atoms with van der Waals surface area (Å²) in [7, 11) is 0. The van der Waals surface area contributed by atoms with Crippen molar-refractivity contribution in [3.63, 3.8) is 0 Å². The van der Waals surface area contributed by atoms with Crippen LogP contribution in [-0.2, 0) is 6.54 Å². The van der Waals surface area contributed by atoms with Crippen LogP contribution in [0.2, 0.25) is 0 Å². The maximum Gasteiger partial charge on any atom is 0.335 e. The first-order valence-corrected chi connectivity index (χ1v) is 5.99. The molecule has 0 aliphatic heterocycles. The number of anilines is 1. The highest BCUT2D eigenvalue weighted by Gasteiger charge is 2.10. The maximum absolute atomic E-state index is 13.5. The number of rotatable bonds is 4. The lowest BCUT2D eigenvalue weighted by atomic mass is 10.1. The lowest BCUT2D eigenvalue weighted by Gasteiger charge is -2.11. The van der Waals surface area contributed by atoms with Gasteiger partial charge in [0.15, 0.2) is 0 Å². The van der Waals surface area contributed by atoms with Crippen LogP contribution in [0.5, 0.6) is 0 Å². The third-order valence-electron chi connectivity index (χ3n) is 3.00. The Balaban J connectivity index is 2.23. The average Bonchev–Trinajstić information content (AvgIpc) is 2.39. The quantitative estimate of drug-likeness (QED) is 0.898. The minimum atomic E-state index is -1.05. The van der Waals surface area contributed by atoms with Crippen LogP contribution in [0.3, 0.4) is 0 Å². The van der Waals surface area contributed by atoms with Crippen LogP contribution in [0.15, 0.2) is 36.4 Å². The molecule has 0 spiro atoms. The second kappa shape index (κ2) is 5.69. The van der Waals surface area contributed by atoms with E-state index in [4.69, 9.17) is 5.11 Å². The second-order valence-corrected chi connectivity index (χ2v) is 4.39. The van der Waals surface area contributed by atoms with Crippen LogP contribution in [-0.4, -0.2) is 11.1 Å². The molecule has 0 bridgehead atoms. The number of nitrogens with one attached hydrogen (secondary N) is 1. The smallest absolute Gasteiger partial charge is 0.335 e. The lowest BCUT2D eigenvalue weighted by molar-refractivity contribution is 0.0697. The van der Waals surface area contributed by atoms with Crippen LogP contribution in [0.4, 0.5) is 14.5 Å². The minimum Gasteiger partial charge on any atom is -0.478 e. The number of hydrogen-bond acceptors (Lipinski definition) is 2. The summed E-state index contributed by atoms with van der Waals surface area (Å²) in [4.78, 5) is 10.9. The Hall–Kier alpha value is -2.43. The van der Waals surface area contributed by atoms with Gasteiger partial charge in [-0.3, -0.25) is 0 Å². The summed E-state index contributed by atoms with van der Waals surface area (Å²) in [5.41, 5.74) is 1.37. The third kappa shape index (κ3) is 2.93. The van der Waals surface area contributed by atoms with E-state index >= 15 is 0 Å². The van der Waals surface area contributed by atoms with Gasteiger partial charge in [0.05, 0.1) is 5.56 Å². The van der Waals surface area contributed by atoms with Crippen molar-refractivity contribution in [3.05, 3.63) is 64.7 Å². The normalized spacial score (nSPS) is 10.3. The van der Waals surface area contributed by atoms with Gasteiger partial charge in [-0.2, -0.15) is 0 Å². The van der Waals surface area contributed by atoms with Gasteiger partial charge < -0.3 is 10.4 Å². The molecule has 0 fully saturated rings. The van der Waals surface area contributed by atoms with Gasteiger partial charge in [-0.25, -0.2) is 13.6 Å². The van der Waals surface area contributed by atoms with E-state index in [1.807, 2.05) is 0 Å². The standard InChI is InChI=1S/C15H13F2NO2/c1-9-5-6-10(15(19)20)7-14(9)18-8-11-12(16)3-2-4-13(11)17/h2-7,18H,8H2,1H3,(H,19,20). The minimum absolute atomic E-state index is 0.0532. The highest BCUT2D eigenvalue weighted by molar-refractivity contribution is 5.89. The maximum atomic E-state index is 13.5. The molecular weight excluding hydrogens is 264 g/mol. The highest BCUT2D eigenvalue weighted by atomic mass is 19.1. The molecule has 0 saturated heterocycles. The fourth-order valence-electron chi connectivity index (χ4n) is 1.83. The molecule has 0 unspecified atom stereocenters. The average molecular weight is 277 g/mol. The van der Waals surface area contributed by atoms with E-state index in [1.165, 1.54) is 30.3 Å². The molecule has 0 saturated carbocycles. The van der Waals surface area contributed by atoms with Crippen molar-refractivity contribution in [3.8, 4) is 0 Å². The molecule has 2 rings (SSSR count). The summed E-state index contributed by atoms with van der Waals surface area (Å²) < 4.78 is 27.0. The molecular formula is C15H13F2NO2. The molecule has 0 amide bonds. The molecule has 20 heavy (non-hydrogen) atoms. The van der Waals surface area contributed by atoms with Crippen molar-refractivity contribution < 1.29 is 18.7 Å². The summed E-state index contributed by atoms with van der Waals surface area (Å²) in [6.45, 7) is 1.73. The van der Waals surface area contributed by atoms with Gasteiger partial charge in [-0.15, -0.1) is 0 Å². The lowest BCUT2D eigenvalue weighted by Crippen LogP contribution is -2.07. The van der Waals surface area contributed by atoms with Gasteiger partial charge in [0, 0.05) is 17.8 Å². The molecule has 5 heteroatoms. The second-order valence-electron chi connectivity index (χ2n) is 4.39. The Morgan fingerprint density at radius 1 is 1.20 bits per heavy atom. The Kier molecular flexibility index (Phi) is 3.98. The van der Waals surface area contributed by atoms with E-state index in [-0.39, 0.29) is 17.7 Å². The van der Waals surface area contributed by atoms with E-state index in [0.29, 0.717) is 5.69 Å². The van der Waals surface area contributed by atoms with E-state index in [2.05, 4.69) is 5.32 Å². The summed E-state index contributed by atoms with van der Waals surface area (Å²) >= 11 is 0. The van der Waals surface area contributed by atoms with Gasteiger partial charge in [0.25, 0.3) is 0 Å². The molecule has 0 aliphatic carbocycles. The van der Waals surface area contributed by atoms with E-state index in [0.717, 1.165) is 5.56 Å². The number of aryl methyl sites for hydroxylation is 1. The first-order valence-electron chi connectivity index (χ1n) is 5.99. The number of hydrogen-bond donors (Lipinski definition) is 2. The molecule has 2 aromatic rings. The zero-order valence-electron chi connectivity index (χ0n) is 10.8. The summed E-state index contributed by atoms with van der Waals surface area (Å²) in [6.07, 6.45) is 0. The van der Waals surface area contributed by atoms with E-state index in [1.54, 1.807) is 13.0 Å². The zero-order valence-corrected chi connectivity index (χ0v) is 10.8. The highest BCUT2D eigenvalue weighted by Crippen LogP contribution is 2.19. The molecule has 0 atom stereocenters. The predicted octanol–water partition coefficient (Wildman–Crippen LogP) is 3.58. The van der Waals surface area contributed by atoms with Crippen molar-refractivity contribution in [1.82, 2.24) is 0 Å². The largest absolute Gasteiger partial charge is 0.478 e. The van der Waals surface area contributed by atoms with Gasteiger partial charge in [0.2, 0.25) is 0 Å². The number of carbonyl (C=O) groups is 1. The molecule has 2 N–H and O–H groups in total. The fourth-order valence-corrected chi connectivity index (χ4v) is 1.83. The topological polar surface area (TPSA) is 49.3 Å². The van der Waals surface area contributed by atoms with Gasteiger partial charge in [-0.1, -0.05) is 12.1 Å². The molecule has 0 aliphatic rings. The van der Waals surface area contributed by atoms with Crippen LogP contribution in [0.1, 0.15) is 21.5 Å². The third-order valence-corrected chi connectivity index (χ3v) is 3.00. The summed E-state index contributed by atoms with van der Waals surface area (Å²) in [5, 5.41) is 11.8. The van der Waals surface area contributed by atoms with Crippen molar-refractivity contribution >= 4 is 11.7 Å². The zero-order chi connectivity index (χ0) is 14.7. The number of benzene rings is 2. The summed E-state index contributed by atoms with van der Waals surface area (Å²) in [6, 6.07) is 8.22. The molecule has 2 aromatic carbocycles. The number of halogens is 2. The van der Waals surface area contributed by atoms with Crippen LogP contribution < -0.4 is 5.32 Å². The van der Waals surface area contributed by atoms with Crippen LogP contribution in [0.25, 0.3) is 0 Å². The number of carboxylic acids is 1. The van der Waals surface area contributed by atoms with Gasteiger partial charge in [-0.05, 0) is 36.8 Å².